The molecule has 8 aromatic carbocycles. The summed E-state index contributed by atoms with van der Waals surface area (Å²) in [6.45, 7) is 0. The van der Waals surface area contributed by atoms with Gasteiger partial charge in [0.25, 0.3) is 0 Å². The largest absolute Gasteiger partial charge is 0.374 e. The van der Waals surface area contributed by atoms with E-state index in [1.54, 1.807) is 0 Å². The van der Waals surface area contributed by atoms with Crippen LogP contribution in [0.1, 0.15) is 17.2 Å². The van der Waals surface area contributed by atoms with Crippen LogP contribution >= 0.6 is 0 Å². The van der Waals surface area contributed by atoms with Gasteiger partial charge in [-0.3, -0.25) is 0 Å². The molecule has 10 rings (SSSR count). The molecule has 0 aliphatic carbocycles. The molecule has 1 aliphatic heterocycles. The summed E-state index contributed by atoms with van der Waals surface area (Å²) in [7, 11) is 0. The Bertz CT molecular complexity index is 2790. The number of hydrogen-bond acceptors (Lipinski definition) is 2. The smallest absolute Gasteiger partial charge is 0.0794 e. The Hall–Kier alpha value is -6.51. The second-order valence-electron chi connectivity index (χ2n) is 13.2. The highest BCUT2D eigenvalue weighted by atomic mass is 14.9. The van der Waals surface area contributed by atoms with Crippen molar-refractivity contribution in [2.75, 3.05) is 5.32 Å². The number of fused-ring (bicyclic) bond motifs is 6. The topological polar surface area (TPSA) is 24.9 Å². The molecule has 0 saturated carbocycles. The number of benzene rings is 8. The van der Waals surface area contributed by atoms with Gasteiger partial charge in [0.05, 0.1) is 17.3 Å². The molecule has 1 N–H and O–H groups in total. The average Bonchev–Trinajstić information content (AvgIpc) is 3.19. The molecule has 0 fully saturated rings. The fourth-order valence-electron chi connectivity index (χ4n) is 7.64. The molecule has 0 radical (unpaired) electrons. The SMILES string of the molecule is C1=CC(c2ccc(-c3cc(-c4ccc5ccccc5c4)c4cc(-c5ccc6ccccc6c5)c5ccccc5c4n3)cc2)Nc2ccccc21. The highest BCUT2D eigenvalue weighted by Crippen LogP contribution is 2.41. The van der Waals surface area contributed by atoms with Crippen LogP contribution in [0.15, 0.2) is 176 Å². The molecular weight excluding hydrogens is 605 g/mol. The van der Waals surface area contributed by atoms with Gasteiger partial charge in [0.2, 0.25) is 0 Å². The first-order valence-corrected chi connectivity index (χ1v) is 17.2. The van der Waals surface area contributed by atoms with Crippen LogP contribution in [0.4, 0.5) is 5.69 Å². The van der Waals surface area contributed by atoms with Crippen molar-refractivity contribution in [1.82, 2.24) is 4.98 Å². The van der Waals surface area contributed by atoms with Gasteiger partial charge in [0.15, 0.2) is 0 Å². The number of nitrogens with zero attached hydrogens (tertiary/aromatic N) is 1. The number of nitrogens with one attached hydrogen (secondary N) is 1. The number of pyridine rings is 1. The summed E-state index contributed by atoms with van der Waals surface area (Å²) < 4.78 is 0. The summed E-state index contributed by atoms with van der Waals surface area (Å²) in [4.78, 5) is 5.45. The first-order chi connectivity index (χ1) is 24.7. The molecule has 1 aliphatic rings. The first-order valence-electron chi connectivity index (χ1n) is 17.2. The molecule has 50 heavy (non-hydrogen) atoms. The Morgan fingerprint density at radius 1 is 0.440 bits per heavy atom. The van der Waals surface area contributed by atoms with Gasteiger partial charge in [-0.05, 0) is 90.6 Å². The molecule has 1 unspecified atom stereocenters. The van der Waals surface area contributed by atoms with E-state index in [1.165, 1.54) is 60.3 Å². The van der Waals surface area contributed by atoms with Crippen molar-refractivity contribution in [2.45, 2.75) is 6.04 Å². The van der Waals surface area contributed by atoms with E-state index in [-0.39, 0.29) is 6.04 Å². The van der Waals surface area contributed by atoms with Crippen molar-refractivity contribution in [1.29, 1.82) is 0 Å². The van der Waals surface area contributed by atoms with Crippen molar-refractivity contribution < 1.29 is 0 Å². The number of aromatic nitrogens is 1. The van der Waals surface area contributed by atoms with Crippen LogP contribution in [0.3, 0.4) is 0 Å². The van der Waals surface area contributed by atoms with Gasteiger partial charge in [0.1, 0.15) is 0 Å². The Morgan fingerprint density at radius 3 is 1.74 bits per heavy atom. The molecule has 2 heterocycles. The van der Waals surface area contributed by atoms with Crippen LogP contribution in [-0.4, -0.2) is 4.98 Å². The van der Waals surface area contributed by atoms with E-state index < -0.39 is 0 Å². The van der Waals surface area contributed by atoms with E-state index in [9.17, 15) is 0 Å². The lowest BCUT2D eigenvalue weighted by molar-refractivity contribution is 0.979. The van der Waals surface area contributed by atoms with Gasteiger partial charge >= 0.3 is 0 Å². The first kappa shape index (κ1) is 28.5. The number of hydrogen-bond donors (Lipinski definition) is 1. The normalized spacial score (nSPS) is 13.9. The molecule has 9 aromatic rings. The lowest BCUT2D eigenvalue weighted by Crippen LogP contribution is -2.11. The third kappa shape index (κ3) is 4.84. The van der Waals surface area contributed by atoms with Crippen LogP contribution in [0.2, 0.25) is 0 Å². The summed E-state index contributed by atoms with van der Waals surface area (Å²) >= 11 is 0. The van der Waals surface area contributed by atoms with Gasteiger partial charge in [-0.25, -0.2) is 4.98 Å². The molecular formula is C48H32N2. The lowest BCUT2D eigenvalue weighted by atomic mass is 9.90. The predicted octanol–water partition coefficient (Wildman–Crippen LogP) is 12.9. The summed E-state index contributed by atoms with van der Waals surface area (Å²) in [6, 6.07) is 61.6. The van der Waals surface area contributed by atoms with Gasteiger partial charge < -0.3 is 5.32 Å². The highest BCUT2D eigenvalue weighted by molar-refractivity contribution is 6.16. The molecule has 1 atom stereocenters. The Kier molecular flexibility index (Phi) is 6.60. The zero-order valence-corrected chi connectivity index (χ0v) is 27.3. The average molecular weight is 637 g/mol. The maximum absolute atomic E-state index is 5.45. The summed E-state index contributed by atoms with van der Waals surface area (Å²) in [6.07, 6.45) is 4.45. The van der Waals surface area contributed by atoms with E-state index in [2.05, 4.69) is 187 Å². The second-order valence-corrected chi connectivity index (χ2v) is 13.2. The molecule has 0 bridgehead atoms. The maximum atomic E-state index is 5.45. The Balaban J connectivity index is 1.17. The van der Waals surface area contributed by atoms with Gasteiger partial charge in [-0.15, -0.1) is 0 Å². The van der Waals surface area contributed by atoms with Crippen molar-refractivity contribution >= 4 is 55.0 Å². The standard InChI is InChI=1S/C48H32N2/c1-3-12-36-27-38(23-17-31(36)9-1)42-29-44-43(39-24-18-32-10-2-4-13-37(32)28-39)30-47(50-48(44)41-15-7-6-14-40(41)42)35-21-19-34(20-22-35)46-26-25-33-11-5-8-16-45(33)49-46/h1-30,46,49H. The minimum Gasteiger partial charge on any atom is -0.374 e. The van der Waals surface area contributed by atoms with Gasteiger partial charge in [-0.1, -0.05) is 152 Å². The molecule has 0 spiro atoms. The molecule has 0 saturated heterocycles. The van der Waals surface area contributed by atoms with E-state index >= 15 is 0 Å². The van der Waals surface area contributed by atoms with Crippen molar-refractivity contribution in [3.05, 3.63) is 187 Å². The second kappa shape index (κ2) is 11.6. The summed E-state index contributed by atoms with van der Waals surface area (Å²) in [5, 5.41) is 12.1. The Morgan fingerprint density at radius 2 is 1.02 bits per heavy atom. The van der Waals surface area contributed by atoms with Crippen LogP contribution in [0.25, 0.3) is 82.8 Å². The van der Waals surface area contributed by atoms with Gasteiger partial charge in [-0.2, -0.15) is 0 Å². The van der Waals surface area contributed by atoms with Crippen LogP contribution in [0.5, 0.6) is 0 Å². The Labute approximate surface area is 291 Å². The fraction of sp³-hybridized carbons (Fsp3) is 0.0208. The molecule has 1 aromatic heterocycles. The van der Waals surface area contributed by atoms with E-state index in [0.29, 0.717) is 0 Å². The fourth-order valence-corrected chi connectivity index (χ4v) is 7.64. The zero-order valence-electron chi connectivity index (χ0n) is 27.3. The van der Waals surface area contributed by atoms with E-state index in [0.717, 1.165) is 33.2 Å². The minimum atomic E-state index is 0.120. The summed E-state index contributed by atoms with van der Waals surface area (Å²) in [5.74, 6) is 0. The number of rotatable bonds is 4. The number of anilines is 1. The third-order valence-electron chi connectivity index (χ3n) is 10.2. The number of para-hydroxylation sites is 1. The van der Waals surface area contributed by atoms with E-state index in [4.69, 9.17) is 4.98 Å². The van der Waals surface area contributed by atoms with Crippen molar-refractivity contribution in [3.63, 3.8) is 0 Å². The molecule has 2 heteroatoms. The quantitative estimate of drug-likeness (QED) is 0.194. The summed E-state index contributed by atoms with van der Waals surface area (Å²) in [5.41, 5.74) is 11.5. The third-order valence-corrected chi connectivity index (χ3v) is 10.2. The zero-order chi connectivity index (χ0) is 33.0. The minimum absolute atomic E-state index is 0.120. The van der Waals surface area contributed by atoms with Crippen molar-refractivity contribution in [2.24, 2.45) is 0 Å². The van der Waals surface area contributed by atoms with Crippen LogP contribution in [-0.2, 0) is 0 Å². The van der Waals surface area contributed by atoms with E-state index in [1.807, 2.05) is 0 Å². The molecule has 2 nitrogen and oxygen atoms in total. The lowest BCUT2D eigenvalue weighted by Gasteiger charge is -2.23. The van der Waals surface area contributed by atoms with Crippen LogP contribution in [0, 0.1) is 0 Å². The predicted molar refractivity (Wildman–Crippen MR) is 212 cm³/mol. The maximum Gasteiger partial charge on any atom is 0.0794 e. The highest BCUT2D eigenvalue weighted by Gasteiger charge is 2.18. The van der Waals surface area contributed by atoms with Crippen LogP contribution < -0.4 is 5.32 Å². The monoisotopic (exact) mass is 636 g/mol. The van der Waals surface area contributed by atoms with Gasteiger partial charge in [0, 0.05) is 22.0 Å². The van der Waals surface area contributed by atoms with Crippen molar-refractivity contribution in [3.8, 4) is 33.5 Å². The molecule has 234 valence electrons. The molecule has 0 amide bonds.